The molecular formula is C19H26N4O. The van der Waals surface area contributed by atoms with Crippen LogP contribution < -0.4 is 11.1 Å². The van der Waals surface area contributed by atoms with E-state index in [2.05, 4.69) is 23.4 Å². The van der Waals surface area contributed by atoms with E-state index in [-0.39, 0.29) is 11.4 Å². The molecule has 3 rings (SSSR count). The molecule has 5 nitrogen and oxygen atoms in total. The van der Waals surface area contributed by atoms with Crippen LogP contribution in [-0.4, -0.2) is 27.8 Å². The summed E-state index contributed by atoms with van der Waals surface area (Å²) in [6.07, 6.45) is 4.23. The highest BCUT2D eigenvalue weighted by Crippen LogP contribution is 2.29. The molecule has 0 aliphatic heterocycles. The number of nitrogens with one attached hydrogen (secondary N) is 1. The first kappa shape index (κ1) is 16.7. The highest BCUT2D eigenvalue weighted by Gasteiger charge is 2.33. The van der Waals surface area contributed by atoms with E-state index in [9.17, 15) is 4.79 Å². The number of hydrogen-bond acceptors (Lipinski definition) is 3. The number of hydrogen-bond donors (Lipinski definition) is 2. The lowest BCUT2D eigenvalue weighted by atomic mass is 9.97. The van der Waals surface area contributed by atoms with Crippen molar-refractivity contribution in [3.8, 4) is 0 Å². The van der Waals surface area contributed by atoms with Crippen LogP contribution in [0.5, 0.6) is 0 Å². The van der Waals surface area contributed by atoms with Crippen molar-refractivity contribution in [2.75, 3.05) is 6.54 Å². The van der Waals surface area contributed by atoms with E-state index >= 15 is 0 Å². The van der Waals surface area contributed by atoms with Crippen molar-refractivity contribution in [1.29, 1.82) is 0 Å². The van der Waals surface area contributed by atoms with Gasteiger partial charge in [-0.2, -0.15) is 5.10 Å². The van der Waals surface area contributed by atoms with E-state index in [4.69, 9.17) is 5.73 Å². The molecule has 3 N–H and O–H groups in total. The Hall–Kier alpha value is -2.14. The Labute approximate surface area is 143 Å². The fourth-order valence-corrected chi connectivity index (χ4v) is 3.51. The molecule has 1 aromatic carbocycles. The van der Waals surface area contributed by atoms with Crippen molar-refractivity contribution in [3.05, 3.63) is 52.8 Å². The van der Waals surface area contributed by atoms with Gasteiger partial charge in [0.05, 0.1) is 17.8 Å². The van der Waals surface area contributed by atoms with Crippen LogP contribution in [0.25, 0.3) is 0 Å². The summed E-state index contributed by atoms with van der Waals surface area (Å²) in [5, 5.41) is 7.63. The van der Waals surface area contributed by atoms with Crippen LogP contribution in [0.3, 0.4) is 0 Å². The van der Waals surface area contributed by atoms with Gasteiger partial charge in [0.1, 0.15) is 0 Å². The topological polar surface area (TPSA) is 72.9 Å². The first-order chi connectivity index (χ1) is 11.5. The molecule has 0 radical (unpaired) electrons. The van der Waals surface area contributed by atoms with Crippen LogP contribution in [0.4, 0.5) is 0 Å². The van der Waals surface area contributed by atoms with Crippen LogP contribution in [-0.2, 0) is 6.54 Å². The Morgan fingerprint density at radius 2 is 1.92 bits per heavy atom. The van der Waals surface area contributed by atoms with Crippen LogP contribution in [0.2, 0.25) is 0 Å². The van der Waals surface area contributed by atoms with Crippen molar-refractivity contribution < 1.29 is 4.79 Å². The molecule has 0 unspecified atom stereocenters. The van der Waals surface area contributed by atoms with Crippen LogP contribution in [0.15, 0.2) is 30.3 Å². The van der Waals surface area contributed by atoms with E-state index in [1.807, 2.05) is 35.9 Å². The summed E-state index contributed by atoms with van der Waals surface area (Å²) < 4.78 is 1.98. The minimum Gasteiger partial charge on any atom is -0.345 e. The second-order valence-corrected chi connectivity index (χ2v) is 6.93. The molecule has 1 aromatic heterocycles. The van der Waals surface area contributed by atoms with Gasteiger partial charge in [0.25, 0.3) is 5.91 Å². The largest absolute Gasteiger partial charge is 0.345 e. The van der Waals surface area contributed by atoms with Gasteiger partial charge >= 0.3 is 0 Å². The molecular weight excluding hydrogens is 300 g/mol. The fourth-order valence-electron chi connectivity index (χ4n) is 3.51. The van der Waals surface area contributed by atoms with Gasteiger partial charge in [0.2, 0.25) is 0 Å². The van der Waals surface area contributed by atoms with E-state index in [0.29, 0.717) is 18.7 Å². The number of aryl methyl sites for hydroxylation is 2. The van der Waals surface area contributed by atoms with Crippen molar-refractivity contribution in [2.24, 2.45) is 5.73 Å². The average Bonchev–Trinajstić information content (AvgIpc) is 3.15. The summed E-state index contributed by atoms with van der Waals surface area (Å²) in [5.41, 5.74) is 9.67. The van der Waals surface area contributed by atoms with Gasteiger partial charge in [0.15, 0.2) is 0 Å². The molecule has 1 heterocycles. The standard InChI is InChI=1S/C19H26N4O/c1-14-11-15(2)23(22-14)12-16-5-7-17(8-6-16)18(24)21-19(13-20)9-3-4-10-19/h5-8,11H,3-4,9-10,12-13,20H2,1-2H3,(H,21,24). The number of nitrogens with zero attached hydrogens (tertiary/aromatic N) is 2. The molecule has 128 valence electrons. The van der Waals surface area contributed by atoms with Gasteiger partial charge in [-0.15, -0.1) is 0 Å². The molecule has 2 aromatic rings. The monoisotopic (exact) mass is 326 g/mol. The first-order valence-corrected chi connectivity index (χ1v) is 8.64. The predicted molar refractivity (Wildman–Crippen MR) is 95.0 cm³/mol. The van der Waals surface area contributed by atoms with E-state index in [1.165, 1.54) is 0 Å². The maximum Gasteiger partial charge on any atom is 0.251 e. The van der Waals surface area contributed by atoms with Crippen molar-refractivity contribution in [3.63, 3.8) is 0 Å². The molecule has 5 heteroatoms. The fraction of sp³-hybridized carbons (Fsp3) is 0.474. The Morgan fingerprint density at radius 3 is 2.46 bits per heavy atom. The quantitative estimate of drug-likeness (QED) is 0.887. The lowest BCUT2D eigenvalue weighted by Gasteiger charge is -2.28. The zero-order valence-electron chi connectivity index (χ0n) is 14.5. The van der Waals surface area contributed by atoms with Gasteiger partial charge < -0.3 is 11.1 Å². The maximum atomic E-state index is 12.5. The van der Waals surface area contributed by atoms with Gasteiger partial charge in [-0.05, 0) is 50.5 Å². The zero-order chi connectivity index (χ0) is 17.2. The molecule has 24 heavy (non-hydrogen) atoms. The highest BCUT2D eigenvalue weighted by molar-refractivity contribution is 5.94. The third-order valence-electron chi connectivity index (χ3n) is 4.98. The smallest absolute Gasteiger partial charge is 0.251 e. The maximum absolute atomic E-state index is 12.5. The summed E-state index contributed by atoms with van der Waals surface area (Å²) in [4.78, 5) is 12.5. The van der Waals surface area contributed by atoms with Gasteiger partial charge in [-0.1, -0.05) is 25.0 Å². The summed E-state index contributed by atoms with van der Waals surface area (Å²) >= 11 is 0. The second kappa shape index (κ2) is 6.77. The lowest BCUT2D eigenvalue weighted by Crippen LogP contribution is -2.51. The number of carbonyl (C=O) groups is 1. The normalized spacial score (nSPS) is 16.3. The Morgan fingerprint density at radius 1 is 1.25 bits per heavy atom. The van der Waals surface area contributed by atoms with Crippen molar-refractivity contribution in [1.82, 2.24) is 15.1 Å². The van der Waals surface area contributed by atoms with E-state index < -0.39 is 0 Å². The van der Waals surface area contributed by atoms with Crippen LogP contribution in [0.1, 0.15) is 53.0 Å². The molecule has 1 amide bonds. The highest BCUT2D eigenvalue weighted by atomic mass is 16.1. The number of benzene rings is 1. The number of amides is 1. The van der Waals surface area contributed by atoms with Crippen molar-refractivity contribution >= 4 is 5.91 Å². The summed E-state index contributed by atoms with van der Waals surface area (Å²) in [6, 6.07) is 9.82. The van der Waals surface area contributed by atoms with Gasteiger partial charge in [0, 0.05) is 17.8 Å². The third kappa shape index (κ3) is 3.51. The minimum absolute atomic E-state index is 0.0278. The summed E-state index contributed by atoms with van der Waals surface area (Å²) in [6.45, 7) is 5.27. The number of aromatic nitrogens is 2. The molecule has 1 fully saturated rings. The summed E-state index contributed by atoms with van der Waals surface area (Å²) in [5.74, 6) is -0.0278. The average molecular weight is 326 g/mol. The van der Waals surface area contributed by atoms with E-state index in [1.54, 1.807) is 0 Å². The Kier molecular flexibility index (Phi) is 4.71. The SMILES string of the molecule is Cc1cc(C)n(Cc2ccc(C(=O)NC3(CN)CCCC3)cc2)n1. The van der Waals surface area contributed by atoms with Crippen LogP contribution >= 0.6 is 0 Å². The molecule has 0 saturated heterocycles. The minimum atomic E-state index is -0.209. The number of carbonyl (C=O) groups excluding carboxylic acids is 1. The van der Waals surface area contributed by atoms with Gasteiger partial charge in [-0.25, -0.2) is 0 Å². The Bertz CT molecular complexity index is 711. The molecule has 0 atom stereocenters. The lowest BCUT2D eigenvalue weighted by molar-refractivity contribution is 0.0903. The zero-order valence-corrected chi connectivity index (χ0v) is 14.5. The number of rotatable bonds is 5. The second-order valence-electron chi connectivity index (χ2n) is 6.93. The molecule has 1 aliphatic rings. The molecule has 1 saturated carbocycles. The molecule has 0 spiro atoms. The molecule has 0 bridgehead atoms. The number of nitrogens with two attached hydrogens (primary N) is 1. The van der Waals surface area contributed by atoms with Crippen molar-refractivity contribution in [2.45, 2.75) is 51.6 Å². The van der Waals surface area contributed by atoms with E-state index in [0.717, 1.165) is 42.6 Å². The predicted octanol–water partition coefficient (Wildman–Crippen LogP) is 2.55. The van der Waals surface area contributed by atoms with Crippen LogP contribution in [0, 0.1) is 13.8 Å². The Balaban J connectivity index is 1.67. The van der Waals surface area contributed by atoms with Gasteiger partial charge in [-0.3, -0.25) is 9.48 Å². The summed E-state index contributed by atoms with van der Waals surface area (Å²) in [7, 11) is 0. The first-order valence-electron chi connectivity index (χ1n) is 8.64. The third-order valence-corrected chi connectivity index (χ3v) is 4.98. The molecule has 1 aliphatic carbocycles.